The number of para-hydroxylation sites is 1. The van der Waals surface area contributed by atoms with E-state index >= 15 is 0 Å². The second kappa shape index (κ2) is 5.87. The summed E-state index contributed by atoms with van der Waals surface area (Å²) < 4.78 is 2.62. The molecule has 0 N–H and O–H groups in total. The van der Waals surface area contributed by atoms with Crippen LogP contribution in [0.25, 0.3) is 49.7 Å². The monoisotopic (exact) mass is 431 g/mol. The zero-order valence-electron chi connectivity index (χ0n) is 18.7. The van der Waals surface area contributed by atoms with Crippen LogP contribution in [0.3, 0.4) is 0 Å². The van der Waals surface area contributed by atoms with Gasteiger partial charge in [0, 0.05) is 23.6 Å². The lowest BCUT2D eigenvalue weighted by Crippen LogP contribution is -2.12. The van der Waals surface area contributed by atoms with Gasteiger partial charge < -0.3 is 4.57 Å². The van der Waals surface area contributed by atoms with Gasteiger partial charge in [0.15, 0.2) is 0 Å². The molecule has 2 aliphatic carbocycles. The Morgan fingerprint density at radius 3 is 2.15 bits per heavy atom. The van der Waals surface area contributed by atoms with Crippen molar-refractivity contribution < 1.29 is 0 Å². The molecule has 0 unspecified atom stereocenters. The van der Waals surface area contributed by atoms with Crippen LogP contribution in [0.2, 0.25) is 0 Å². The molecule has 1 aliphatic heterocycles. The van der Waals surface area contributed by atoms with Crippen LogP contribution >= 0.6 is 0 Å². The average Bonchev–Trinajstić information content (AvgIpc) is 3.54. The van der Waals surface area contributed by atoms with Gasteiger partial charge in [0.1, 0.15) is 0 Å². The van der Waals surface area contributed by atoms with Crippen molar-refractivity contribution in [2.75, 3.05) is 0 Å². The van der Waals surface area contributed by atoms with Crippen molar-refractivity contribution in [3.05, 3.63) is 124 Å². The Kier molecular flexibility index (Phi) is 3.00. The first-order valence-corrected chi connectivity index (χ1v) is 12.3. The molecule has 1 heteroatoms. The smallest absolute Gasteiger partial charge is 0.0583 e. The highest BCUT2D eigenvalue weighted by Gasteiger charge is 2.33. The number of nitrogens with zero attached hydrogens (tertiary/aromatic N) is 1. The summed E-state index contributed by atoms with van der Waals surface area (Å²) in [5.74, 6) is 0. The van der Waals surface area contributed by atoms with Gasteiger partial charge in [0.2, 0.25) is 0 Å². The Morgan fingerprint density at radius 1 is 0.500 bits per heavy atom. The standard InChI is InChI=1S/C33H21N/c1-3-9-23-20(8-1)16-27-25(23)14-13-21-17-29-31-22(15-19-7-2-4-10-24(19)31)18-28-26-11-5-6-12-30(26)34(32(21)27)33(28)29/h1-14,18H,15-17H2. The van der Waals surface area contributed by atoms with E-state index in [1.165, 1.54) is 83.1 Å². The lowest BCUT2D eigenvalue weighted by molar-refractivity contribution is 1.02. The first kappa shape index (κ1) is 17.4. The maximum atomic E-state index is 2.62. The Morgan fingerprint density at radius 2 is 1.24 bits per heavy atom. The fraction of sp³-hybridized carbons (Fsp3) is 0.0909. The zero-order valence-corrected chi connectivity index (χ0v) is 18.7. The van der Waals surface area contributed by atoms with Crippen LogP contribution < -0.4 is 0 Å². The van der Waals surface area contributed by atoms with Crippen LogP contribution in [-0.2, 0) is 19.3 Å². The van der Waals surface area contributed by atoms with Gasteiger partial charge in [0.25, 0.3) is 0 Å². The van der Waals surface area contributed by atoms with Crippen LogP contribution in [0.4, 0.5) is 0 Å². The lowest BCUT2D eigenvalue weighted by Gasteiger charge is -2.25. The van der Waals surface area contributed by atoms with E-state index in [0.29, 0.717) is 0 Å². The molecule has 158 valence electrons. The van der Waals surface area contributed by atoms with Gasteiger partial charge in [-0.1, -0.05) is 78.9 Å². The van der Waals surface area contributed by atoms with E-state index in [9.17, 15) is 0 Å². The summed E-state index contributed by atoms with van der Waals surface area (Å²) in [6, 6.07) is 34.2. The van der Waals surface area contributed by atoms with Crippen LogP contribution in [0, 0.1) is 0 Å². The van der Waals surface area contributed by atoms with Gasteiger partial charge in [0.05, 0.1) is 16.7 Å². The minimum absolute atomic E-state index is 1.00. The maximum Gasteiger partial charge on any atom is 0.0583 e. The summed E-state index contributed by atoms with van der Waals surface area (Å²) in [5, 5.41) is 2.79. The van der Waals surface area contributed by atoms with Crippen LogP contribution in [0.1, 0.15) is 33.4 Å². The van der Waals surface area contributed by atoms with Crippen molar-refractivity contribution in [2.45, 2.75) is 19.3 Å². The van der Waals surface area contributed by atoms with Gasteiger partial charge in [-0.15, -0.1) is 0 Å². The molecule has 0 atom stereocenters. The Balaban J connectivity index is 1.46. The van der Waals surface area contributed by atoms with Gasteiger partial charge >= 0.3 is 0 Å². The van der Waals surface area contributed by atoms with E-state index in [0.717, 1.165) is 19.3 Å². The Labute approximate surface area is 197 Å². The fourth-order valence-electron chi connectivity index (χ4n) is 7.13. The summed E-state index contributed by atoms with van der Waals surface area (Å²) in [6.45, 7) is 0. The third-order valence-electron chi connectivity index (χ3n) is 8.44. The first-order chi connectivity index (χ1) is 16.9. The lowest BCUT2D eigenvalue weighted by atomic mass is 9.87. The van der Waals surface area contributed by atoms with Gasteiger partial charge in [-0.2, -0.15) is 0 Å². The number of fused-ring (bicyclic) bond motifs is 13. The van der Waals surface area contributed by atoms with E-state index in [1.54, 1.807) is 0 Å². The minimum Gasteiger partial charge on any atom is -0.308 e. The molecule has 1 nitrogen and oxygen atoms in total. The number of hydrogen-bond donors (Lipinski definition) is 0. The van der Waals surface area contributed by atoms with Gasteiger partial charge in [-0.05, 0) is 74.2 Å². The quantitative estimate of drug-likeness (QED) is 0.231. The number of hydrogen-bond acceptors (Lipinski definition) is 0. The summed E-state index contributed by atoms with van der Waals surface area (Å²) in [7, 11) is 0. The van der Waals surface area contributed by atoms with Crippen molar-refractivity contribution in [3.8, 4) is 27.9 Å². The molecule has 0 radical (unpaired) electrons. The van der Waals surface area contributed by atoms with Gasteiger partial charge in [-0.25, -0.2) is 0 Å². The van der Waals surface area contributed by atoms with E-state index in [2.05, 4.69) is 95.6 Å². The SMILES string of the molecule is c1ccc2c(c1)Cc1c-2ccc2c1-n1c3ccccc3c3cc4c(c(c31)C2)-c1ccccc1C4. The molecule has 6 aromatic rings. The number of benzene rings is 5. The molecule has 1 aromatic heterocycles. The average molecular weight is 432 g/mol. The molecule has 5 aromatic carbocycles. The zero-order chi connectivity index (χ0) is 22.0. The number of rotatable bonds is 0. The molecular weight excluding hydrogens is 410 g/mol. The fourth-order valence-corrected chi connectivity index (χ4v) is 7.13. The van der Waals surface area contributed by atoms with Crippen molar-refractivity contribution in [2.24, 2.45) is 0 Å². The highest BCUT2D eigenvalue weighted by molar-refractivity contribution is 6.14. The van der Waals surface area contributed by atoms with Crippen LogP contribution in [0.15, 0.2) is 91.0 Å². The summed E-state index contributed by atoms with van der Waals surface area (Å²) in [6.07, 6.45) is 3.06. The Bertz CT molecular complexity index is 1880. The Hall–Kier alpha value is -4.10. The molecule has 2 heterocycles. The predicted octanol–water partition coefficient (Wildman–Crippen LogP) is 7.83. The molecular formula is C33H21N. The third kappa shape index (κ3) is 1.94. The third-order valence-corrected chi connectivity index (χ3v) is 8.44. The summed E-state index contributed by atoms with van der Waals surface area (Å²) in [4.78, 5) is 0. The first-order valence-electron chi connectivity index (χ1n) is 12.3. The minimum atomic E-state index is 1.00. The molecule has 0 saturated carbocycles. The second-order valence-electron chi connectivity index (χ2n) is 10.1. The molecule has 0 bridgehead atoms. The summed E-state index contributed by atoms with van der Waals surface area (Å²) >= 11 is 0. The molecule has 0 fully saturated rings. The highest BCUT2D eigenvalue weighted by atomic mass is 15.0. The largest absolute Gasteiger partial charge is 0.308 e. The van der Waals surface area contributed by atoms with Crippen molar-refractivity contribution in [3.63, 3.8) is 0 Å². The van der Waals surface area contributed by atoms with E-state index in [1.807, 2.05) is 0 Å². The highest BCUT2D eigenvalue weighted by Crippen LogP contribution is 2.51. The van der Waals surface area contributed by atoms with Gasteiger partial charge in [-0.3, -0.25) is 0 Å². The van der Waals surface area contributed by atoms with E-state index in [4.69, 9.17) is 0 Å². The topological polar surface area (TPSA) is 4.93 Å². The van der Waals surface area contributed by atoms with E-state index < -0.39 is 0 Å². The molecule has 0 spiro atoms. The van der Waals surface area contributed by atoms with Crippen molar-refractivity contribution in [1.29, 1.82) is 0 Å². The van der Waals surface area contributed by atoms with Crippen molar-refractivity contribution in [1.82, 2.24) is 4.57 Å². The maximum absolute atomic E-state index is 2.62. The van der Waals surface area contributed by atoms with Crippen LogP contribution in [-0.4, -0.2) is 4.57 Å². The molecule has 0 amide bonds. The summed E-state index contributed by atoms with van der Waals surface area (Å²) in [5.41, 5.74) is 18.8. The second-order valence-corrected chi connectivity index (χ2v) is 10.1. The molecule has 3 aliphatic rings. The molecule has 9 rings (SSSR count). The van der Waals surface area contributed by atoms with E-state index in [-0.39, 0.29) is 0 Å². The predicted molar refractivity (Wildman–Crippen MR) is 140 cm³/mol. The van der Waals surface area contributed by atoms with Crippen LogP contribution in [0.5, 0.6) is 0 Å². The van der Waals surface area contributed by atoms with Crippen molar-refractivity contribution >= 4 is 21.8 Å². The normalized spacial score (nSPS) is 14.1. The molecule has 34 heavy (non-hydrogen) atoms. The number of aromatic nitrogens is 1. The molecule has 0 saturated heterocycles.